The molecule has 16 heavy (non-hydrogen) atoms. The van der Waals surface area contributed by atoms with Gasteiger partial charge >= 0.3 is 0 Å². The summed E-state index contributed by atoms with van der Waals surface area (Å²) in [6.07, 6.45) is 5.70. The lowest BCUT2D eigenvalue weighted by molar-refractivity contribution is 0.0908. The molecule has 0 radical (unpaired) electrons. The fourth-order valence-electron chi connectivity index (χ4n) is 2.22. The average Bonchev–Trinajstić information content (AvgIpc) is 2.88. The van der Waals surface area contributed by atoms with E-state index >= 15 is 0 Å². The van der Waals surface area contributed by atoms with Crippen LogP contribution in [-0.2, 0) is 0 Å². The maximum absolute atomic E-state index is 11.9. The highest BCUT2D eigenvalue weighted by molar-refractivity contribution is 6.19. The molecule has 0 atom stereocenters. The smallest absolute Gasteiger partial charge is 0.255 e. The molecule has 2 rings (SSSR count). The molecule has 0 aliphatic heterocycles. The van der Waals surface area contributed by atoms with Crippen LogP contribution < -0.4 is 5.32 Å². The van der Waals surface area contributed by atoms with E-state index in [1.807, 2.05) is 6.92 Å². The van der Waals surface area contributed by atoms with Crippen molar-refractivity contribution in [2.75, 3.05) is 5.88 Å². The molecule has 4 heteroatoms. The van der Waals surface area contributed by atoms with Gasteiger partial charge in [0.2, 0.25) is 0 Å². The molecule has 88 valence electrons. The molecule has 1 aromatic heterocycles. The van der Waals surface area contributed by atoms with E-state index in [1.54, 1.807) is 6.07 Å². The van der Waals surface area contributed by atoms with Crippen LogP contribution in [0.1, 0.15) is 41.8 Å². The number of amides is 1. The summed E-state index contributed by atoms with van der Waals surface area (Å²) >= 11 is 5.96. The summed E-state index contributed by atoms with van der Waals surface area (Å²) in [6, 6.07) is 1.74. The second-order valence-electron chi connectivity index (χ2n) is 4.52. The van der Waals surface area contributed by atoms with Crippen LogP contribution in [0, 0.1) is 6.92 Å². The SMILES string of the molecule is Cc1cc(C(=O)NC2(CCl)CCCC2)co1. The third-order valence-corrected chi connectivity index (χ3v) is 3.70. The van der Waals surface area contributed by atoms with Gasteiger partial charge in [0.25, 0.3) is 5.91 Å². The van der Waals surface area contributed by atoms with Crippen LogP contribution in [0.4, 0.5) is 0 Å². The molecule has 1 saturated carbocycles. The number of rotatable bonds is 3. The molecule has 1 heterocycles. The summed E-state index contributed by atoms with van der Waals surface area (Å²) in [5, 5.41) is 3.04. The molecule has 0 aromatic carbocycles. The number of carbonyl (C=O) groups is 1. The van der Waals surface area contributed by atoms with Crippen molar-refractivity contribution in [1.29, 1.82) is 0 Å². The minimum atomic E-state index is -0.205. The standard InChI is InChI=1S/C12H16ClNO2/c1-9-6-10(7-16-9)11(15)14-12(8-13)4-2-3-5-12/h6-7H,2-5,8H2,1H3,(H,14,15). The highest BCUT2D eigenvalue weighted by Gasteiger charge is 2.34. The zero-order valence-corrected chi connectivity index (χ0v) is 10.1. The van der Waals surface area contributed by atoms with Gasteiger partial charge in [0.05, 0.1) is 11.1 Å². The van der Waals surface area contributed by atoms with E-state index in [-0.39, 0.29) is 11.4 Å². The minimum Gasteiger partial charge on any atom is -0.469 e. The fourth-order valence-corrected chi connectivity index (χ4v) is 2.55. The van der Waals surface area contributed by atoms with Crippen LogP contribution in [0.15, 0.2) is 16.7 Å². The van der Waals surface area contributed by atoms with E-state index in [1.165, 1.54) is 6.26 Å². The second-order valence-corrected chi connectivity index (χ2v) is 4.79. The van der Waals surface area contributed by atoms with Gasteiger partial charge in [-0.2, -0.15) is 0 Å². The van der Waals surface area contributed by atoms with Gasteiger partial charge in [0, 0.05) is 5.88 Å². The molecule has 1 aliphatic rings. The average molecular weight is 242 g/mol. The third-order valence-electron chi connectivity index (χ3n) is 3.19. The first-order valence-electron chi connectivity index (χ1n) is 5.59. The van der Waals surface area contributed by atoms with E-state index in [0.717, 1.165) is 31.4 Å². The summed E-state index contributed by atoms with van der Waals surface area (Å²) in [6.45, 7) is 1.82. The predicted octanol–water partition coefficient (Wildman–Crippen LogP) is 2.87. The van der Waals surface area contributed by atoms with Crippen LogP contribution in [-0.4, -0.2) is 17.3 Å². The first kappa shape index (κ1) is 11.5. The molecule has 0 bridgehead atoms. The van der Waals surface area contributed by atoms with Gasteiger partial charge in [-0.05, 0) is 25.8 Å². The molecular formula is C12H16ClNO2. The molecule has 3 nitrogen and oxygen atoms in total. The molecule has 1 N–H and O–H groups in total. The van der Waals surface area contributed by atoms with Gasteiger partial charge in [-0.15, -0.1) is 11.6 Å². The zero-order chi connectivity index (χ0) is 11.6. The normalized spacial score (nSPS) is 18.6. The van der Waals surface area contributed by atoms with Crippen LogP contribution >= 0.6 is 11.6 Å². The zero-order valence-electron chi connectivity index (χ0n) is 9.38. The Morgan fingerprint density at radius 3 is 2.75 bits per heavy atom. The first-order chi connectivity index (χ1) is 7.65. The fraction of sp³-hybridized carbons (Fsp3) is 0.583. The largest absolute Gasteiger partial charge is 0.469 e. The number of halogens is 1. The Kier molecular flexibility index (Phi) is 3.24. The van der Waals surface area contributed by atoms with Crippen molar-refractivity contribution >= 4 is 17.5 Å². The summed E-state index contributed by atoms with van der Waals surface area (Å²) in [7, 11) is 0. The van der Waals surface area contributed by atoms with Crippen molar-refractivity contribution < 1.29 is 9.21 Å². The molecule has 0 unspecified atom stereocenters. The van der Waals surface area contributed by atoms with Crippen LogP contribution in [0.2, 0.25) is 0 Å². The molecule has 1 aromatic rings. The number of furan rings is 1. The van der Waals surface area contributed by atoms with Crippen LogP contribution in [0.25, 0.3) is 0 Å². The maximum atomic E-state index is 11.9. The van der Waals surface area contributed by atoms with Gasteiger partial charge in [0.1, 0.15) is 12.0 Å². The Morgan fingerprint density at radius 1 is 1.56 bits per heavy atom. The Balaban J connectivity index is 2.06. The van der Waals surface area contributed by atoms with E-state index in [2.05, 4.69) is 5.32 Å². The predicted molar refractivity (Wildman–Crippen MR) is 62.8 cm³/mol. The summed E-state index contributed by atoms with van der Waals surface area (Å²) in [4.78, 5) is 11.9. The molecule has 0 spiro atoms. The number of carbonyl (C=O) groups excluding carboxylic acids is 1. The Morgan fingerprint density at radius 2 is 2.25 bits per heavy atom. The molecule has 1 amide bonds. The summed E-state index contributed by atoms with van der Waals surface area (Å²) < 4.78 is 5.12. The Hall–Kier alpha value is -0.960. The maximum Gasteiger partial charge on any atom is 0.255 e. The lowest BCUT2D eigenvalue weighted by Gasteiger charge is -2.27. The second kappa shape index (κ2) is 4.50. The number of alkyl halides is 1. The van der Waals surface area contributed by atoms with Gasteiger partial charge in [-0.1, -0.05) is 12.8 Å². The topological polar surface area (TPSA) is 42.2 Å². The van der Waals surface area contributed by atoms with Crippen LogP contribution in [0.5, 0.6) is 0 Å². The van der Waals surface area contributed by atoms with Gasteiger partial charge in [-0.3, -0.25) is 4.79 Å². The van der Waals surface area contributed by atoms with Crippen molar-refractivity contribution in [3.8, 4) is 0 Å². The van der Waals surface area contributed by atoms with Gasteiger partial charge < -0.3 is 9.73 Å². The minimum absolute atomic E-state index is 0.0839. The summed E-state index contributed by atoms with van der Waals surface area (Å²) in [5.41, 5.74) is 0.373. The molecule has 1 aliphatic carbocycles. The highest BCUT2D eigenvalue weighted by atomic mass is 35.5. The van der Waals surface area contributed by atoms with Gasteiger partial charge in [0.15, 0.2) is 0 Å². The molecular weight excluding hydrogens is 226 g/mol. The van der Waals surface area contributed by atoms with E-state index < -0.39 is 0 Å². The van der Waals surface area contributed by atoms with Crippen molar-refractivity contribution in [2.45, 2.75) is 38.1 Å². The van der Waals surface area contributed by atoms with Gasteiger partial charge in [-0.25, -0.2) is 0 Å². The van der Waals surface area contributed by atoms with E-state index in [9.17, 15) is 4.79 Å². The van der Waals surface area contributed by atoms with Crippen molar-refractivity contribution in [3.63, 3.8) is 0 Å². The number of aryl methyl sites for hydroxylation is 1. The van der Waals surface area contributed by atoms with E-state index in [0.29, 0.717) is 11.4 Å². The van der Waals surface area contributed by atoms with Crippen LogP contribution in [0.3, 0.4) is 0 Å². The lowest BCUT2D eigenvalue weighted by atomic mass is 10.00. The number of nitrogens with one attached hydrogen (secondary N) is 1. The number of hydrogen-bond acceptors (Lipinski definition) is 2. The summed E-state index contributed by atoms with van der Waals surface area (Å²) in [5.74, 6) is 1.14. The lowest BCUT2D eigenvalue weighted by Crippen LogP contribution is -2.47. The first-order valence-corrected chi connectivity index (χ1v) is 6.12. The van der Waals surface area contributed by atoms with Crippen molar-refractivity contribution in [2.24, 2.45) is 0 Å². The number of hydrogen-bond donors (Lipinski definition) is 1. The monoisotopic (exact) mass is 241 g/mol. The Bertz CT molecular complexity index is 380. The molecule has 1 fully saturated rings. The third kappa shape index (κ3) is 2.24. The van der Waals surface area contributed by atoms with Crippen molar-refractivity contribution in [3.05, 3.63) is 23.7 Å². The highest BCUT2D eigenvalue weighted by Crippen LogP contribution is 2.31. The van der Waals surface area contributed by atoms with E-state index in [4.69, 9.17) is 16.0 Å². The molecule has 0 saturated heterocycles. The van der Waals surface area contributed by atoms with Crippen molar-refractivity contribution in [1.82, 2.24) is 5.32 Å². The quantitative estimate of drug-likeness (QED) is 0.827. The Labute approximate surface area is 100 Å².